The summed E-state index contributed by atoms with van der Waals surface area (Å²) in [4.78, 5) is 29.2. The third kappa shape index (κ3) is 2.82. The summed E-state index contributed by atoms with van der Waals surface area (Å²) in [5, 5.41) is 12.0. The van der Waals surface area contributed by atoms with E-state index in [1.165, 1.54) is 13.2 Å². The molecule has 6 heteroatoms. The zero-order valence-electron chi connectivity index (χ0n) is 15.2. The van der Waals surface area contributed by atoms with Gasteiger partial charge in [-0.15, -0.1) is 0 Å². The lowest BCUT2D eigenvalue weighted by Gasteiger charge is -2.26. The van der Waals surface area contributed by atoms with Gasteiger partial charge >= 0.3 is 5.97 Å². The maximum Gasteiger partial charge on any atom is 0.308 e. The van der Waals surface area contributed by atoms with Gasteiger partial charge in [-0.2, -0.15) is 0 Å². The fourth-order valence-corrected chi connectivity index (χ4v) is 3.64. The van der Waals surface area contributed by atoms with E-state index in [2.05, 4.69) is 0 Å². The summed E-state index contributed by atoms with van der Waals surface area (Å²) < 4.78 is 6.35. The first kappa shape index (κ1) is 17.4. The van der Waals surface area contributed by atoms with Crippen LogP contribution < -0.4 is 5.56 Å². The van der Waals surface area contributed by atoms with Crippen molar-refractivity contribution in [3.8, 4) is 11.4 Å². The number of esters is 1. The average molecular weight is 364 g/mol. The Hall–Kier alpha value is -2.99. The van der Waals surface area contributed by atoms with E-state index in [1.807, 2.05) is 30.3 Å². The molecule has 0 fully saturated rings. The van der Waals surface area contributed by atoms with Crippen LogP contribution >= 0.6 is 0 Å². The molecule has 138 valence electrons. The van der Waals surface area contributed by atoms with Gasteiger partial charge in [0.05, 0.1) is 37.0 Å². The van der Waals surface area contributed by atoms with Gasteiger partial charge in [-0.05, 0) is 30.2 Å². The molecule has 1 aliphatic heterocycles. The molecule has 27 heavy (non-hydrogen) atoms. The molecule has 4 rings (SSSR count). The quantitative estimate of drug-likeness (QED) is 0.563. The summed E-state index contributed by atoms with van der Waals surface area (Å²) in [5.74, 6) is -0.524. The van der Waals surface area contributed by atoms with Crippen molar-refractivity contribution in [2.45, 2.75) is 31.9 Å². The summed E-state index contributed by atoms with van der Waals surface area (Å²) in [6.07, 6.45) is 0.0733. The van der Waals surface area contributed by atoms with Crippen molar-refractivity contribution in [3.05, 3.63) is 63.9 Å². The summed E-state index contributed by atoms with van der Waals surface area (Å²) in [5.41, 5.74) is 1.95. The molecule has 0 saturated heterocycles. The van der Waals surface area contributed by atoms with E-state index in [1.54, 1.807) is 17.6 Å². The molecule has 0 spiro atoms. The summed E-state index contributed by atoms with van der Waals surface area (Å²) in [6, 6.07) is 13.0. The topological polar surface area (TPSA) is 81.4 Å². The largest absolute Gasteiger partial charge is 0.469 e. The van der Waals surface area contributed by atoms with Crippen molar-refractivity contribution in [1.82, 2.24) is 9.55 Å². The van der Waals surface area contributed by atoms with Gasteiger partial charge in [-0.1, -0.05) is 25.1 Å². The van der Waals surface area contributed by atoms with Crippen LogP contribution in [0.4, 0.5) is 0 Å². The Morgan fingerprint density at radius 2 is 2.07 bits per heavy atom. The monoisotopic (exact) mass is 364 g/mol. The Kier molecular flexibility index (Phi) is 4.08. The number of methoxy groups -OCH3 is 1. The standard InChI is InChI=1S/C21H20N2O4/c1-3-21(26,11-19(25)27-2)15-9-17-20-14(12-23(17)18(24)10-15)8-13-6-4-5-7-16(13)22-20/h4-10,26H,3,11-12H2,1-2H3. The molecule has 3 heterocycles. The molecule has 1 unspecified atom stereocenters. The number of rotatable bonds is 4. The Morgan fingerprint density at radius 3 is 2.81 bits per heavy atom. The van der Waals surface area contributed by atoms with E-state index in [0.29, 0.717) is 17.8 Å². The van der Waals surface area contributed by atoms with E-state index < -0.39 is 11.6 Å². The van der Waals surface area contributed by atoms with Crippen molar-refractivity contribution < 1.29 is 14.6 Å². The van der Waals surface area contributed by atoms with Gasteiger partial charge in [0, 0.05) is 17.0 Å². The number of ether oxygens (including phenoxy) is 1. The van der Waals surface area contributed by atoms with Crippen molar-refractivity contribution in [2.75, 3.05) is 7.11 Å². The lowest BCUT2D eigenvalue weighted by atomic mass is 9.88. The smallest absolute Gasteiger partial charge is 0.308 e. The molecule has 0 radical (unpaired) electrons. The maximum atomic E-state index is 12.7. The summed E-state index contributed by atoms with van der Waals surface area (Å²) in [7, 11) is 1.28. The van der Waals surface area contributed by atoms with Crippen LogP contribution in [0.3, 0.4) is 0 Å². The fourth-order valence-electron chi connectivity index (χ4n) is 3.64. The van der Waals surface area contributed by atoms with Crippen LogP contribution in [0.15, 0.2) is 47.3 Å². The Morgan fingerprint density at radius 1 is 1.30 bits per heavy atom. The lowest BCUT2D eigenvalue weighted by molar-refractivity contribution is -0.146. The fraction of sp³-hybridized carbons (Fsp3) is 0.286. The molecule has 0 amide bonds. The molecule has 1 aromatic carbocycles. The number of para-hydroxylation sites is 1. The van der Waals surface area contributed by atoms with Crippen molar-refractivity contribution in [1.29, 1.82) is 0 Å². The number of benzene rings is 1. The van der Waals surface area contributed by atoms with E-state index in [4.69, 9.17) is 9.72 Å². The van der Waals surface area contributed by atoms with Crippen LogP contribution in [0.2, 0.25) is 0 Å². The van der Waals surface area contributed by atoms with Crippen LogP contribution in [-0.2, 0) is 21.7 Å². The molecule has 1 aliphatic rings. The van der Waals surface area contributed by atoms with Crippen LogP contribution in [0.5, 0.6) is 0 Å². The number of pyridine rings is 2. The van der Waals surface area contributed by atoms with Crippen molar-refractivity contribution in [3.63, 3.8) is 0 Å². The van der Waals surface area contributed by atoms with Crippen LogP contribution in [-0.4, -0.2) is 27.7 Å². The molecular weight excluding hydrogens is 344 g/mol. The molecule has 1 N–H and O–H groups in total. The minimum atomic E-state index is -1.46. The van der Waals surface area contributed by atoms with Gasteiger partial charge in [0.1, 0.15) is 5.60 Å². The van der Waals surface area contributed by atoms with Gasteiger partial charge in [0.25, 0.3) is 5.56 Å². The number of carbonyl (C=O) groups is 1. The number of fused-ring (bicyclic) bond motifs is 4. The predicted molar refractivity (Wildman–Crippen MR) is 101 cm³/mol. The van der Waals surface area contributed by atoms with Gasteiger partial charge in [-0.3, -0.25) is 9.59 Å². The van der Waals surface area contributed by atoms with Gasteiger partial charge in [0.2, 0.25) is 0 Å². The zero-order chi connectivity index (χ0) is 19.2. The molecule has 0 saturated carbocycles. The van der Waals surface area contributed by atoms with E-state index >= 15 is 0 Å². The van der Waals surface area contributed by atoms with Crippen LogP contribution in [0.1, 0.15) is 30.9 Å². The van der Waals surface area contributed by atoms with E-state index in [-0.39, 0.29) is 18.4 Å². The Bertz CT molecular complexity index is 1120. The minimum absolute atomic E-state index is 0.207. The SMILES string of the molecule is CCC(O)(CC(=O)OC)c1cc2n(c(=O)c1)Cc1cc3ccccc3nc1-2. The first-order chi connectivity index (χ1) is 12.9. The molecule has 0 aliphatic carbocycles. The van der Waals surface area contributed by atoms with Crippen LogP contribution in [0.25, 0.3) is 22.3 Å². The van der Waals surface area contributed by atoms with Crippen molar-refractivity contribution >= 4 is 16.9 Å². The number of hydrogen-bond acceptors (Lipinski definition) is 5. The van der Waals surface area contributed by atoms with Crippen molar-refractivity contribution in [2.24, 2.45) is 0 Å². The molecule has 3 aromatic rings. The third-order valence-electron chi connectivity index (χ3n) is 5.29. The maximum absolute atomic E-state index is 12.7. The van der Waals surface area contributed by atoms with Gasteiger partial charge in [-0.25, -0.2) is 4.98 Å². The third-order valence-corrected chi connectivity index (χ3v) is 5.29. The van der Waals surface area contributed by atoms with Gasteiger partial charge < -0.3 is 14.4 Å². The van der Waals surface area contributed by atoms with Gasteiger partial charge in [0.15, 0.2) is 0 Å². The highest BCUT2D eigenvalue weighted by Gasteiger charge is 2.33. The highest BCUT2D eigenvalue weighted by Crippen LogP contribution is 2.35. The van der Waals surface area contributed by atoms with E-state index in [9.17, 15) is 14.7 Å². The highest BCUT2D eigenvalue weighted by molar-refractivity contribution is 5.84. The second-order valence-electron chi connectivity index (χ2n) is 6.88. The van der Waals surface area contributed by atoms with Crippen LogP contribution in [0, 0.1) is 0 Å². The number of aliphatic hydroxyl groups is 1. The average Bonchev–Trinajstić information content (AvgIpc) is 3.04. The molecule has 6 nitrogen and oxygen atoms in total. The Balaban J connectivity index is 1.88. The number of carbonyl (C=O) groups excluding carboxylic acids is 1. The summed E-state index contributed by atoms with van der Waals surface area (Å²) in [6.45, 7) is 2.22. The Labute approximate surface area is 156 Å². The molecule has 0 bridgehead atoms. The number of aromatic nitrogens is 2. The molecule has 1 atom stereocenters. The number of hydrogen-bond donors (Lipinski definition) is 1. The first-order valence-corrected chi connectivity index (χ1v) is 8.89. The number of nitrogens with zero attached hydrogens (tertiary/aromatic N) is 2. The highest BCUT2D eigenvalue weighted by atomic mass is 16.5. The van der Waals surface area contributed by atoms with E-state index in [0.717, 1.165) is 22.2 Å². The molecular formula is C21H20N2O4. The zero-order valence-corrected chi connectivity index (χ0v) is 15.2. The summed E-state index contributed by atoms with van der Waals surface area (Å²) >= 11 is 0. The lowest BCUT2D eigenvalue weighted by Crippen LogP contribution is -2.31. The minimum Gasteiger partial charge on any atom is -0.469 e. The normalized spacial score (nSPS) is 14.5. The second-order valence-corrected chi connectivity index (χ2v) is 6.88. The second kappa shape index (κ2) is 6.32. The predicted octanol–water partition coefficient (Wildman–Crippen LogP) is 2.59. The molecule has 2 aromatic heterocycles. The first-order valence-electron chi connectivity index (χ1n) is 8.89.